The van der Waals surface area contributed by atoms with Gasteiger partial charge in [-0.15, -0.1) is 0 Å². The minimum atomic E-state index is -4.19. The first-order chi connectivity index (χ1) is 11.3. The van der Waals surface area contributed by atoms with Gasteiger partial charge in [0, 0.05) is 25.2 Å². The van der Waals surface area contributed by atoms with Crippen LogP contribution in [0, 0.1) is 0 Å². The SMILES string of the molecule is CC(CCc1ccccc1)NC(=O)NC1CCN(CC(F)(F)F)C1. The van der Waals surface area contributed by atoms with E-state index in [1.807, 2.05) is 37.3 Å². The Morgan fingerprint density at radius 3 is 2.71 bits per heavy atom. The zero-order chi connectivity index (χ0) is 17.6. The molecule has 1 fully saturated rings. The van der Waals surface area contributed by atoms with Crippen molar-refractivity contribution >= 4 is 6.03 Å². The molecule has 2 rings (SSSR count). The summed E-state index contributed by atoms with van der Waals surface area (Å²) in [6, 6.07) is 9.46. The van der Waals surface area contributed by atoms with Gasteiger partial charge < -0.3 is 10.6 Å². The van der Waals surface area contributed by atoms with Crippen LogP contribution < -0.4 is 10.6 Å². The number of urea groups is 1. The fourth-order valence-electron chi connectivity index (χ4n) is 2.90. The Kier molecular flexibility index (Phi) is 6.48. The van der Waals surface area contributed by atoms with Crippen LogP contribution in [-0.2, 0) is 6.42 Å². The molecule has 1 aromatic carbocycles. The van der Waals surface area contributed by atoms with Crippen LogP contribution in [0.3, 0.4) is 0 Å². The molecule has 1 aliphatic heterocycles. The molecule has 134 valence electrons. The number of carbonyl (C=O) groups excluding carboxylic acids is 1. The van der Waals surface area contributed by atoms with Crippen molar-refractivity contribution in [2.24, 2.45) is 0 Å². The molecule has 1 aliphatic rings. The van der Waals surface area contributed by atoms with Crippen LogP contribution >= 0.6 is 0 Å². The van der Waals surface area contributed by atoms with E-state index in [1.54, 1.807) is 0 Å². The van der Waals surface area contributed by atoms with Crippen molar-refractivity contribution in [2.75, 3.05) is 19.6 Å². The number of rotatable bonds is 6. The molecule has 1 aromatic rings. The molecule has 2 atom stereocenters. The number of nitrogens with one attached hydrogen (secondary N) is 2. The molecule has 4 nitrogen and oxygen atoms in total. The fraction of sp³-hybridized carbons (Fsp3) is 0.588. The maximum atomic E-state index is 12.4. The highest BCUT2D eigenvalue weighted by Crippen LogP contribution is 2.19. The first kappa shape index (κ1) is 18.6. The summed E-state index contributed by atoms with van der Waals surface area (Å²) < 4.78 is 37.1. The Bertz CT molecular complexity index is 522. The number of likely N-dealkylation sites (tertiary alicyclic amines) is 1. The molecule has 0 bridgehead atoms. The van der Waals surface area contributed by atoms with Gasteiger partial charge in [-0.05, 0) is 31.7 Å². The molecule has 7 heteroatoms. The van der Waals surface area contributed by atoms with Crippen LogP contribution in [0.4, 0.5) is 18.0 Å². The molecule has 2 amide bonds. The largest absolute Gasteiger partial charge is 0.401 e. The molecule has 0 aliphatic carbocycles. The van der Waals surface area contributed by atoms with Crippen molar-refractivity contribution < 1.29 is 18.0 Å². The number of benzene rings is 1. The van der Waals surface area contributed by atoms with Crippen LogP contribution in [0.15, 0.2) is 30.3 Å². The van der Waals surface area contributed by atoms with Gasteiger partial charge in [0.25, 0.3) is 0 Å². The van der Waals surface area contributed by atoms with Gasteiger partial charge in [-0.2, -0.15) is 13.2 Å². The Labute approximate surface area is 140 Å². The lowest BCUT2D eigenvalue weighted by molar-refractivity contribution is -0.143. The summed E-state index contributed by atoms with van der Waals surface area (Å²) in [5.74, 6) is 0. The zero-order valence-corrected chi connectivity index (χ0v) is 13.8. The molecule has 1 saturated heterocycles. The quantitative estimate of drug-likeness (QED) is 0.834. The van der Waals surface area contributed by atoms with Crippen LogP contribution in [0.2, 0.25) is 0 Å². The average Bonchev–Trinajstić information content (AvgIpc) is 2.91. The highest BCUT2D eigenvalue weighted by molar-refractivity contribution is 5.74. The van der Waals surface area contributed by atoms with E-state index in [4.69, 9.17) is 0 Å². The van der Waals surface area contributed by atoms with E-state index < -0.39 is 12.7 Å². The summed E-state index contributed by atoms with van der Waals surface area (Å²) in [5, 5.41) is 5.61. The number of halogens is 3. The van der Waals surface area contributed by atoms with Crippen molar-refractivity contribution in [2.45, 2.75) is 44.4 Å². The summed E-state index contributed by atoms with van der Waals surface area (Å²) >= 11 is 0. The molecule has 2 N–H and O–H groups in total. The number of aryl methyl sites for hydroxylation is 1. The van der Waals surface area contributed by atoms with Gasteiger partial charge in [0.15, 0.2) is 0 Å². The van der Waals surface area contributed by atoms with Gasteiger partial charge in [0.2, 0.25) is 0 Å². The number of amides is 2. The lowest BCUT2D eigenvalue weighted by Crippen LogP contribution is -2.46. The summed E-state index contributed by atoms with van der Waals surface area (Å²) in [6.45, 7) is 1.60. The Morgan fingerprint density at radius 2 is 2.04 bits per heavy atom. The zero-order valence-electron chi connectivity index (χ0n) is 13.8. The summed E-state index contributed by atoms with van der Waals surface area (Å²) in [4.78, 5) is 13.3. The number of carbonyl (C=O) groups is 1. The molecule has 0 saturated carbocycles. The average molecular weight is 343 g/mol. The Balaban J connectivity index is 1.66. The highest BCUT2D eigenvalue weighted by Gasteiger charge is 2.34. The standard InChI is InChI=1S/C17H24F3N3O/c1-13(7-8-14-5-3-2-4-6-14)21-16(24)22-15-9-10-23(11-15)12-17(18,19)20/h2-6,13,15H,7-12H2,1H3,(H2,21,22,24). The van der Waals surface area contributed by atoms with E-state index in [0.717, 1.165) is 12.8 Å². The predicted molar refractivity (Wildman–Crippen MR) is 86.8 cm³/mol. The number of alkyl halides is 3. The molecule has 1 heterocycles. The third kappa shape index (κ3) is 6.78. The molecule has 24 heavy (non-hydrogen) atoms. The number of hydrogen-bond acceptors (Lipinski definition) is 2. The minimum Gasteiger partial charge on any atom is -0.336 e. The van der Waals surface area contributed by atoms with E-state index in [-0.39, 0.29) is 24.7 Å². The second-order valence-electron chi connectivity index (χ2n) is 6.38. The third-order valence-corrected chi connectivity index (χ3v) is 4.10. The molecular formula is C17H24F3N3O. The van der Waals surface area contributed by atoms with Crippen molar-refractivity contribution in [3.8, 4) is 0 Å². The van der Waals surface area contributed by atoms with E-state index in [0.29, 0.717) is 13.0 Å². The summed E-state index contributed by atoms with van der Waals surface area (Å²) in [5.41, 5.74) is 1.21. The lowest BCUT2D eigenvalue weighted by atomic mass is 10.1. The van der Waals surface area contributed by atoms with Gasteiger partial charge in [-0.3, -0.25) is 4.90 Å². The number of hydrogen-bond donors (Lipinski definition) is 2. The Morgan fingerprint density at radius 1 is 1.33 bits per heavy atom. The lowest BCUT2D eigenvalue weighted by Gasteiger charge is -2.19. The van der Waals surface area contributed by atoms with Gasteiger partial charge in [-0.25, -0.2) is 4.79 Å². The van der Waals surface area contributed by atoms with Gasteiger partial charge in [0.1, 0.15) is 0 Å². The first-order valence-electron chi connectivity index (χ1n) is 8.22. The van der Waals surface area contributed by atoms with E-state index >= 15 is 0 Å². The molecular weight excluding hydrogens is 319 g/mol. The van der Waals surface area contributed by atoms with Gasteiger partial charge >= 0.3 is 12.2 Å². The van der Waals surface area contributed by atoms with Crippen LogP contribution in [-0.4, -0.2) is 48.8 Å². The second-order valence-corrected chi connectivity index (χ2v) is 6.38. The van der Waals surface area contributed by atoms with Gasteiger partial charge in [0.05, 0.1) is 6.54 Å². The maximum absolute atomic E-state index is 12.4. The van der Waals surface area contributed by atoms with E-state index in [1.165, 1.54) is 10.5 Å². The molecule has 2 unspecified atom stereocenters. The van der Waals surface area contributed by atoms with Crippen molar-refractivity contribution in [1.82, 2.24) is 15.5 Å². The van der Waals surface area contributed by atoms with Gasteiger partial charge in [-0.1, -0.05) is 30.3 Å². The topological polar surface area (TPSA) is 44.4 Å². The van der Waals surface area contributed by atoms with E-state index in [9.17, 15) is 18.0 Å². The fourth-order valence-corrected chi connectivity index (χ4v) is 2.90. The third-order valence-electron chi connectivity index (χ3n) is 4.10. The van der Waals surface area contributed by atoms with Crippen molar-refractivity contribution in [3.05, 3.63) is 35.9 Å². The van der Waals surface area contributed by atoms with E-state index in [2.05, 4.69) is 10.6 Å². The van der Waals surface area contributed by atoms with Crippen molar-refractivity contribution in [1.29, 1.82) is 0 Å². The summed E-state index contributed by atoms with van der Waals surface area (Å²) in [6.07, 6.45) is -1.97. The van der Waals surface area contributed by atoms with Crippen LogP contribution in [0.5, 0.6) is 0 Å². The smallest absolute Gasteiger partial charge is 0.336 e. The summed E-state index contributed by atoms with van der Waals surface area (Å²) in [7, 11) is 0. The monoisotopic (exact) mass is 343 g/mol. The second kappa shape index (κ2) is 8.37. The minimum absolute atomic E-state index is 0.00196. The molecule has 0 aromatic heterocycles. The number of nitrogens with zero attached hydrogens (tertiary/aromatic N) is 1. The first-order valence-corrected chi connectivity index (χ1v) is 8.22. The molecule has 0 spiro atoms. The predicted octanol–water partition coefficient (Wildman–Crippen LogP) is 2.94. The maximum Gasteiger partial charge on any atom is 0.401 e. The van der Waals surface area contributed by atoms with Crippen molar-refractivity contribution in [3.63, 3.8) is 0 Å². The Hall–Kier alpha value is -1.76. The normalized spacial score (nSPS) is 19.9. The van der Waals surface area contributed by atoms with Crippen LogP contribution in [0.25, 0.3) is 0 Å². The molecule has 0 radical (unpaired) electrons. The highest BCUT2D eigenvalue weighted by atomic mass is 19.4. The van der Waals surface area contributed by atoms with Crippen LogP contribution in [0.1, 0.15) is 25.3 Å².